The van der Waals surface area contributed by atoms with Gasteiger partial charge in [0.1, 0.15) is 0 Å². The largest absolute Gasteiger partial charge is 0.425 e. The molecule has 0 rings (SSSR count). The van der Waals surface area contributed by atoms with E-state index in [-0.39, 0.29) is 0 Å². The van der Waals surface area contributed by atoms with Crippen LogP contribution < -0.4 is 0 Å². The van der Waals surface area contributed by atoms with Crippen LogP contribution in [0.4, 0.5) is 52.7 Å². The third kappa shape index (κ3) is 7.04. The zero-order chi connectivity index (χ0) is 18.7. The molecule has 140 valence electrons. The molecule has 23 heavy (non-hydrogen) atoms. The molecule has 2 atom stereocenters. The molecule has 0 radical (unpaired) electrons. The van der Waals surface area contributed by atoms with Crippen molar-refractivity contribution in [2.45, 2.75) is 49.4 Å². The fourth-order valence-corrected chi connectivity index (χ4v) is 1.25. The summed E-state index contributed by atoms with van der Waals surface area (Å²) in [4.78, 5) is 0. The Morgan fingerprint density at radius 3 is 1.04 bits per heavy atom. The first-order valence-corrected chi connectivity index (χ1v) is 5.77. The Morgan fingerprint density at radius 2 is 0.826 bits per heavy atom. The maximum absolute atomic E-state index is 12.7. The predicted molar refractivity (Wildman–Crippen MR) is 51.8 cm³/mol. The van der Waals surface area contributed by atoms with Crippen molar-refractivity contribution < 1.29 is 57.4 Å². The third-order valence-corrected chi connectivity index (χ3v) is 2.48. The summed E-state index contributed by atoms with van der Waals surface area (Å²) in [6, 6.07) is 0. The molecule has 0 amide bonds. The first-order chi connectivity index (χ1) is 10.0. The average Bonchev–Trinajstić information content (AvgIpc) is 2.34. The molecule has 13 heteroatoms. The molecule has 0 aliphatic carbocycles. The highest BCUT2D eigenvalue weighted by Gasteiger charge is 2.57. The van der Waals surface area contributed by atoms with Crippen molar-refractivity contribution >= 4 is 0 Å². The van der Waals surface area contributed by atoms with Crippen LogP contribution in [0.2, 0.25) is 0 Å². The number of ether oxygens (including phenoxy) is 1. The quantitative estimate of drug-likeness (QED) is 0.436. The molecule has 0 saturated carbocycles. The standard InChI is InChI=1S/C10H10F12O/c11-5(9(17,18)19)7(13,14)1-3-23-4-2-8(15,16)6(12)10(20,21)22/h5-6H,1-4H2. The van der Waals surface area contributed by atoms with Gasteiger partial charge in [-0.25, -0.2) is 26.3 Å². The zero-order valence-electron chi connectivity index (χ0n) is 10.9. The van der Waals surface area contributed by atoms with Gasteiger partial charge < -0.3 is 4.74 Å². The van der Waals surface area contributed by atoms with Gasteiger partial charge in [-0.3, -0.25) is 0 Å². The normalized spacial score (nSPS) is 17.2. The molecule has 0 saturated heterocycles. The molecule has 1 nitrogen and oxygen atoms in total. The lowest BCUT2D eigenvalue weighted by molar-refractivity contribution is -0.250. The van der Waals surface area contributed by atoms with Crippen molar-refractivity contribution in [2.24, 2.45) is 0 Å². The number of halogens is 12. The number of hydrogen-bond acceptors (Lipinski definition) is 1. The lowest BCUT2D eigenvalue weighted by Gasteiger charge is -2.24. The molecule has 0 bridgehead atoms. The molecule has 0 aliphatic rings. The Labute approximate surface area is 121 Å². The number of alkyl halides is 12. The molecule has 0 aromatic heterocycles. The van der Waals surface area contributed by atoms with E-state index in [0.717, 1.165) is 0 Å². The first-order valence-electron chi connectivity index (χ1n) is 5.77. The predicted octanol–water partition coefficient (Wildman–Crippen LogP) is 4.85. The average molecular weight is 374 g/mol. The van der Waals surface area contributed by atoms with Crippen LogP contribution in [0, 0.1) is 0 Å². The molecule has 2 unspecified atom stereocenters. The second-order valence-electron chi connectivity index (χ2n) is 4.44. The Kier molecular flexibility index (Phi) is 7.06. The summed E-state index contributed by atoms with van der Waals surface area (Å²) in [6.45, 7) is -2.69. The van der Waals surface area contributed by atoms with Gasteiger partial charge in [0.05, 0.1) is 13.2 Å². The van der Waals surface area contributed by atoms with E-state index in [0.29, 0.717) is 0 Å². The van der Waals surface area contributed by atoms with Gasteiger partial charge in [0, 0.05) is 12.8 Å². The van der Waals surface area contributed by atoms with E-state index in [2.05, 4.69) is 4.74 Å². The minimum absolute atomic E-state index is 1.34. The first kappa shape index (κ1) is 22.1. The van der Waals surface area contributed by atoms with E-state index in [4.69, 9.17) is 0 Å². The van der Waals surface area contributed by atoms with Gasteiger partial charge in [0.25, 0.3) is 24.2 Å². The van der Waals surface area contributed by atoms with Crippen LogP contribution in [-0.2, 0) is 4.74 Å². The van der Waals surface area contributed by atoms with Crippen LogP contribution in [-0.4, -0.2) is 49.8 Å². The SMILES string of the molecule is FC(C(F)(F)F)C(F)(F)CCOCCC(F)(F)C(F)C(F)(F)F. The second kappa shape index (κ2) is 7.34. The van der Waals surface area contributed by atoms with Crippen LogP contribution in [0.25, 0.3) is 0 Å². The Morgan fingerprint density at radius 1 is 0.565 bits per heavy atom. The van der Waals surface area contributed by atoms with Crippen molar-refractivity contribution in [1.82, 2.24) is 0 Å². The highest BCUT2D eigenvalue weighted by atomic mass is 19.4. The van der Waals surface area contributed by atoms with Crippen LogP contribution in [0.5, 0.6) is 0 Å². The smallest absolute Gasteiger partial charge is 0.381 e. The van der Waals surface area contributed by atoms with Crippen LogP contribution in [0.1, 0.15) is 12.8 Å². The maximum Gasteiger partial charge on any atom is 0.425 e. The monoisotopic (exact) mass is 374 g/mol. The van der Waals surface area contributed by atoms with E-state index in [1.165, 1.54) is 0 Å². The molecule has 0 aromatic carbocycles. The van der Waals surface area contributed by atoms with Gasteiger partial charge in [0.2, 0.25) is 0 Å². The van der Waals surface area contributed by atoms with E-state index in [9.17, 15) is 52.7 Å². The van der Waals surface area contributed by atoms with Crippen molar-refractivity contribution in [3.63, 3.8) is 0 Å². The summed E-state index contributed by atoms with van der Waals surface area (Å²) in [5, 5.41) is 0. The van der Waals surface area contributed by atoms with E-state index in [1.807, 2.05) is 0 Å². The summed E-state index contributed by atoms with van der Waals surface area (Å²) < 4.78 is 150. The van der Waals surface area contributed by atoms with Crippen molar-refractivity contribution in [1.29, 1.82) is 0 Å². The molecule has 0 aromatic rings. The van der Waals surface area contributed by atoms with Crippen molar-refractivity contribution in [2.75, 3.05) is 13.2 Å². The minimum atomic E-state index is -5.86. The summed E-state index contributed by atoms with van der Waals surface area (Å²) in [7, 11) is 0. The molecular weight excluding hydrogens is 364 g/mol. The van der Waals surface area contributed by atoms with Gasteiger partial charge in [-0.2, -0.15) is 26.3 Å². The fourth-order valence-electron chi connectivity index (χ4n) is 1.25. The highest BCUT2D eigenvalue weighted by Crippen LogP contribution is 2.38. The van der Waals surface area contributed by atoms with Crippen LogP contribution in [0.3, 0.4) is 0 Å². The van der Waals surface area contributed by atoms with Gasteiger partial charge in [0.15, 0.2) is 0 Å². The summed E-state index contributed by atoms with van der Waals surface area (Å²) in [6.07, 6.45) is -24.4. The summed E-state index contributed by atoms with van der Waals surface area (Å²) in [5.74, 6) is -9.81. The molecule has 0 heterocycles. The molecular formula is C10H10F12O. The van der Waals surface area contributed by atoms with Gasteiger partial charge >= 0.3 is 12.4 Å². The third-order valence-electron chi connectivity index (χ3n) is 2.48. The fraction of sp³-hybridized carbons (Fsp3) is 1.00. The topological polar surface area (TPSA) is 9.23 Å². The lowest BCUT2D eigenvalue weighted by atomic mass is 10.1. The van der Waals surface area contributed by atoms with E-state index < -0.39 is 62.6 Å². The summed E-state index contributed by atoms with van der Waals surface area (Å²) in [5.41, 5.74) is 0. The number of hydrogen-bond donors (Lipinski definition) is 0. The van der Waals surface area contributed by atoms with Crippen molar-refractivity contribution in [3.8, 4) is 0 Å². The number of rotatable bonds is 8. The van der Waals surface area contributed by atoms with E-state index >= 15 is 0 Å². The maximum atomic E-state index is 12.7. The Balaban J connectivity index is 4.29. The lowest BCUT2D eigenvalue weighted by Crippen LogP contribution is -2.43. The molecule has 0 N–H and O–H groups in total. The molecule has 0 fully saturated rings. The second-order valence-corrected chi connectivity index (χ2v) is 4.44. The van der Waals surface area contributed by atoms with Crippen LogP contribution >= 0.6 is 0 Å². The van der Waals surface area contributed by atoms with Crippen LogP contribution in [0.15, 0.2) is 0 Å². The summed E-state index contributed by atoms with van der Waals surface area (Å²) >= 11 is 0. The van der Waals surface area contributed by atoms with Gasteiger partial charge in [-0.1, -0.05) is 0 Å². The Bertz CT molecular complexity index is 326. The minimum Gasteiger partial charge on any atom is -0.381 e. The van der Waals surface area contributed by atoms with E-state index in [1.54, 1.807) is 0 Å². The highest BCUT2D eigenvalue weighted by molar-refractivity contribution is 4.84. The molecule has 0 aliphatic heterocycles. The van der Waals surface area contributed by atoms with Gasteiger partial charge in [-0.05, 0) is 0 Å². The van der Waals surface area contributed by atoms with Gasteiger partial charge in [-0.15, -0.1) is 0 Å². The zero-order valence-corrected chi connectivity index (χ0v) is 10.9. The molecule has 0 spiro atoms. The Hall–Kier alpha value is -0.880. The van der Waals surface area contributed by atoms with Crippen molar-refractivity contribution in [3.05, 3.63) is 0 Å².